The Kier molecular flexibility index (Phi) is 6.11. The van der Waals surface area contributed by atoms with Gasteiger partial charge in [0.25, 0.3) is 0 Å². The summed E-state index contributed by atoms with van der Waals surface area (Å²) in [5.74, 6) is 0.801. The first-order chi connectivity index (χ1) is 10.8. The number of ether oxygens (including phenoxy) is 2. The number of nitrogens with zero attached hydrogens (tertiary/aromatic N) is 2. The van der Waals surface area contributed by atoms with Crippen molar-refractivity contribution in [1.82, 2.24) is 9.55 Å². The molecule has 0 N–H and O–H groups in total. The summed E-state index contributed by atoms with van der Waals surface area (Å²) < 4.78 is 13.4. The van der Waals surface area contributed by atoms with Crippen molar-refractivity contribution in [3.63, 3.8) is 0 Å². The van der Waals surface area contributed by atoms with E-state index in [1.807, 2.05) is 16.8 Å². The molecule has 0 aliphatic rings. The molecule has 2 heterocycles. The predicted octanol–water partition coefficient (Wildman–Crippen LogP) is 3.18. The van der Waals surface area contributed by atoms with E-state index in [2.05, 4.69) is 39.7 Å². The molecule has 0 saturated heterocycles. The minimum Gasteiger partial charge on any atom is -0.469 e. The van der Waals surface area contributed by atoms with Crippen molar-refractivity contribution in [3.8, 4) is 0 Å². The van der Waals surface area contributed by atoms with Gasteiger partial charge in [0.1, 0.15) is 12.4 Å². The SMILES string of the molecule is COC(=O)Cc1cn(COCCS(C)(C)C)c2nccc(Br)c12. The maximum absolute atomic E-state index is 11.6. The average Bonchev–Trinajstić information content (AvgIpc) is 2.82. The highest BCUT2D eigenvalue weighted by Gasteiger charge is 2.15. The zero-order valence-electron chi connectivity index (χ0n) is 14.0. The van der Waals surface area contributed by atoms with Crippen LogP contribution in [0.4, 0.5) is 0 Å². The van der Waals surface area contributed by atoms with Crippen LogP contribution >= 0.6 is 26.0 Å². The third kappa shape index (κ3) is 4.96. The normalized spacial score (nSPS) is 12.6. The molecule has 7 heteroatoms. The van der Waals surface area contributed by atoms with Crippen LogP contribution in [0, 0.1) is 0 Å². The number of esters is 1. The van der Waals surface area contributed by atoms with Crippen LogP contribution < -0.4 is 0 Å². The fourth-order valence-electron chi connectivity index (χ4n) is 2.19. The lowest BCUT2D eigenvalue weighted by Crippen LogP contribution is -2.09. The number of hydrogen-bond acceptors (Lipinski definition) is 4. The third-order valence-electron chi connectivity index (χ3n) is 3.42. The summed E-state index contributed by atoms with van der Waals surface area (Å²) in [5.41, 5.74) is 1.69. The first kappa shape index (κ1) is 18.3. The summed E-state index contributed by atoms with van der Waals surface area (Å²) in [6.45, 7) is 1.15. The Morgan fingerprint density at radius 2 is 2.13 bits per heavy atom. The van der Waals surface area contributed by atoms with Gasteiger partial charge in [-0.05, 0) is 46.3 Å². The molecule has 2 aromatic rings. The number of hydrogen-bond donors (Lipinski definition) is 0. The number of carbonyl (C=O) groups is 1. The molecule has 0 fully saturated rings. The monoisotopic (exact) mass is 402 g/mol. The Balaban J connectivity index is 2.19. The summed E-state index contributed by atoms with van der Waals surface area (Å²) in [7, 11) is 0.835. The lowest BCUT2D eigenvalue weighted by molar-refractivity contribution is -0.139. The Morgan fingerprint density at radius 1 is 1.39 bits per heavy atom. The molecule has 0 unspecified atom stereocenters. The molecule has 0 aliphatic heterocycles. The van der Waals surface area contributed by atoms with Crippen LogP contribution in [0.3, 0.4) is 0 Å². The Labute approximate surface area is 146 Å². The fourth-order valence-corrected chi connectivity index (χ4v) is 3.36. The maximum atomic E-state index is 11.6. The second-order valence-electron chi connectivity index (χ2n) is 6.20. The number of carbonyl (C=O) groups excluding carboxylic acids is 1. The largest absolute Gasteiger partial charge is 0.469 e. The van der Waals surface area contributed by atoms with Gasteiger partial charge < -0.3 is 14.0 Å². The molecular formula is C16H23BrN2O3S. The van der Waals surface area contributed by atoms with Crippen LogP contribution in [0.25, 0.3) is 11.0 Å². The Morgan fingerprint density at radius 3 is 2.78 bits per heavy atom. The van der Waals surface area contributed by atoms with E-state index in [9.17, 15) is 4.79 Å². The molecule has 0 spiro atoms. The van der Waals surface area contributed by atoms with Crippen LogP contribution in [0.5, 0.6) is 0 Å². The number of aromatic nitrogens is 2. The topological polar surface area (TPSA) is 53.4 Å². The fraction of sp³-hybridized carbons (Fsp3) is 0.500. The first-order valence-corrected chi connectivity index (χ1v) is 11.1. The van der Waals surface area contributed by atoms with E-state index in [1.54, 1.807) is 6.20 Å². The van der Waals surface area contributed by atoms with Crippen LogP contribution in [-0.2, 0) is 27.4 Å². The zero-order chi connectivity index (χ0) is 17.0. The van der Waals surface area contributed by atoms with Gasteiger partial charge in [0, 0.05) is 28.0 Å². The molecule has 5 nitrogen and oxygen atoms in total. The van der Waals surface area contributed by atoms with Crippen LogP contribution in [0.1, 0.15) is 5.56 Å². The standard InChI is InChI=1S/C16H23BrN2O3S/c1-21-14(20)9-12-10-19(11-22-7-8-23(2,3)4)16-15(12)13(17)5-6-18-16/h5-6,10H,7-9,11H2,1-4H3. The van der Waals surface area contributed by atoms with Crippen LogP contribution in [0.2, 0.25) is 0 Å². The summed E-state index contributed by atoms with van der Waals surface area (Å²) >= 11 is 3.54. The molecule has 0 saturated carbocycles. The number of pyridine rings is 1. The van der Waals surface area contributed by atoms with Crippen molar-refractivity contribution in [2.75, 3.05) is 38.2 Å². The molecule has 0 aromatic carbocycles. The molecule has 23 heavy (non-hydrogen) atoms. The van der Waals surface area contributed by atoms with E-state index < -0.39 is 10.0 Å². The van der Waals surface area contributed by atoms with Crippen molar-refractivity contribution in [1.29, 1.82) is 0 Å². The van der Waals surface area contributed by atoms with Gasteiger partial charge in [0.2, 0.25) is 0 Å². The van der Waals surface area contributed by atoms with Crippen molar-refractivity contribution < 1.29 is 14.3 Å². The predicted molar refractivity (Wildman–Crippen MR) is 99.3 cm³/mol. The molecule has 128 valence electrons. The number of methoxy groups -OCH3 is 1. The molecule has 0 amide bonds. The average molecular weight is 403 g/mol. The van der Waals surface area contributed by atoms with Crippen molar-refractivity contribution in [3.05, 3.63) is 28.5 Å². The lowest BCUT2D eigenvalue weighted by atomic mass is 10.1. The molecule has 0 atom stereocenters. The lowest BCUT2D eigenvalue weighted by Gasteiger charge is -2.24. The highest BCUT2D eigenvalue weighted by molar-refractivity contribution is 9.10. The van der Waals surface area contributed by atoms with Crippen molar-refractivity contribution in [2.24, 2.45) is 0 Å². The van der Waals surface area contributed by atoms with Gasteiger partial charge >= 0.3 is 5.97 Å². The van der Waals surface area contributed by atoms with Gasteiger partial charge in [-0.25, -0.2) is 15.0 Å². The highest BCUT2D eigenvalue weighted by atomic mass is 79.9. The molecule has 0 aliphatic carbocycles. The molecule has 2 rings (SSSR count). The Bertz CT molecular complexity index is 694. The summed E-state index contributed by atoms with van der Waals surface area (Å²) in [6.07, 6.45) is 10.7. The van der Waals surface area contributed by atoms with Gasteiger partial charge in [-0.3, -0.25) is 4.79 Å². The number of fused-ring (bicyclic) bond motifs is 1. The van der Waals surface area contributed by atoms with Gasteiger partial charge in [-0.15, -0.1) is 0 Å². The number of halogens is 1. The number of rotatable bonds is 7. The van der Waals surface area contributed by atoms with E-state index in [1.165, 1.54) is 7.11 Å². The first-order valence-electron chi connectivity index (χ1n) is 7.24. The van der Waals surface area contributed by atoms with E-state index in [0.717, 1.165) is 33.4 Å². The van der Waals surface area contributed by atoms with Gasteiger partial charge in [-0.1, -0.05) is 0 Å². The molecular weight excluding hydrogens is 380 g/mol. The summed E-state index contributed by atoms with van der Waals surface area (Å²) in [4.78, 5) is 16.0. The highest BCUT2D eigenvalue weighted by Crippen LogP contribution is 2.33. The minimum absolute atomic E-state index is 0.219. The maximum Gasteiger partial charge on any atom is 0.310 e. The van der Waals surface area contributed by atoms with E-state index >= 15 is 0 Å². The molecule has 2 aromatic heterocycles. The summed E-state index contributed by atoms with van der Waals surface area (Å²) in [6, 6.07) is 1.87. The van der Waals surface area contributed by atoms with Gasteiger partial charge in [0.05, 0.1) is 20.1 Å². The van der Waals surface area contributed by atoms with Gasteiger partial charge in [0.15, 0.2) is 0 Å². The minimum atomic E-state index is -0.560. The van der Waals surface area contributed by atoms with Crippen molar-refractivity contribution in [2.45, 2.75) is 13.2 Å². The van der Waals surface area contributed by atoms with Gasteiger partial charge in [-0.2, -0.15) is 0 Å². The van der Waals surface area contributed by atoms with Crippen LogP contribution in [-0.4, -0.2) is 53.8 Å². The summed E-state index contributed by atoms with van der Waals surface area (Å²) in [5, 5.41) is 0.933. The zero-order valence-corrected chi connectivity index (χ0v) is 16.4. The van der Waals surface area contributed by atoms with E-state index in [4.69, 9.17) is 9.47 Å². The van der Waals surface area contributed by atoms with Crippen molar-refractivity contribution >= 4 is 43.0 Å². The Hall–Kier alpha value is -1.05. The van der Waals surface area contributed by atoms with Crippen LogP contribution in [0.15, 0.2) is 22.9 Å². The second-order valence-corrected chi connectivity index (χ2v) is 11.6. The third-order valence-corrected chi connectivity index (χ3v) is 5.47. The smallest absolute Gasteiger partial charge is 0.310 e. The van der Waals surface area contributed by atoms with E-state index in [0.29, 0.717) is 6.73 Å². The quantitative estimate of drug-likeness (QED) is 0.527. The second kappa shape index (κ2) is 7.68. The molecule has 0 radical (unpaired) electrons. The molecule has 0 bridgehead atoms. The van der Waals surface area contributed by atoms with E-state index in [-0.39, 0.29) is 12.4 Å².